The second-order valence-electron chi connectivity index (χ2n) is 7.99. The Morgan fingerprint density at radius 1 is 1.00 bits per heavy atom. The molecule has 1 aliphatic carbocycles. The first-order valence-corrected chi connectivity index (χ1v) is 11.6. The molecule has 0 saturated heterocycles. The van der Waals surface area contributed by atoms with E-state index in [0.29, 0.717) is 38.5 Å². The number of methoxy groups -OCH3 is 2. The highest BCUT2D eigenvalue weighted by atomic mass is 35.5. The zero-order valence-corrected chi connectivity index (χ0v) is 20.6. The predicted molar refractivity (Wildman–Crippen MR) is 132 cm³/mol. The number of hydrogen-bond acceptors (Lipinski definition) is 5. The fourth-order valence-electron chi connectivity index (χ4n) is 3.96. The van der Waals surface area contributed by atoms with Crippen LogP contribution >= 0.6 is 23.2 Å². The third kappa shape index (κ3) is 6.24. The Labute approximate surface area is 204 Å². The molecule has 2 aromatic rings. The highest BCUT2D eigenvalue weighted by Gasteiger charge is 2.24. The molecule has 0 atom stereocenters. The number of ether oxygens (including phenoxy) is 2. The van der Waals surface area contributed by atoms with Gasteiger partial charge in [-0.2, -0.15) is 0 Å². The van der Waals surface area contributed by atoms with Crippen molar-refractivity contribution in [2.45, 2.75) is 38.1 Å². The van der Waals surface area contributed by atoms with Gasteiger partial charge in [-0.05, 0) is 37.1 Å². The number of nitrogens with zero attached hydrogens (tertiary/aromatic N) is 1. The highest BCUT2D eigenvalue weighted by Crippen LogP contribution is 2.36. The standard InChI is InChI=1S/C24H29Cl2N3O4/c1-29(16-7-5-4-6-8-16)24(31)17-10-9-15(11-18(17)25)27-14-23(30)28-20-12-19(26)21(32-2)13-22(20)33-3/h9-13,16,27H,4-8,14H2,1-3H3,(H,28,30). The van der Waals surface area contributed by atoms with E-state index in [9.17, 15) is 9.59 Å². The molecule has 0 bridgehead atoms. The molecule has 33 heavy (non-hydrogen) atoms. The van der Waals surface area contributed by atoms with E-state index in [4.69, 9.17) is 32.7 Å². The quantitative estimate of drug-likeness (QED) is 0.509. The van der Waals surface area contributed by atoms with E-state index in [0.717, 1.165) is 25.7 Å². The molecule has 2 aromatic carbocycles. The van der Waals surface area contributed by atoms with Crippen molar-refractivity contribution in [1.82, 2.24) is 4.90 Å². The van der Waals surface area contributed by atoms with E-state index in [1.807, 2.05) is 7.05 Å². The largest absolute Gasteiger partial charge is 0.495 e. The summed E-state index contributed by atoms with van der Waals surface area (Å²) < 4.78 is 10.5. The fraction of sp³-hybridized carbons (Fsp3) is 0.417. The molecule has 178 valence electrons. The second kappa shape index (κ2) is 11.5. The lowest BCUT2D eigenvalue weighted by molar-refractivity contribution is -0.114. The van der Waals surface area contributed by atoms with E-state index in [-0.39, 0.29) is 24.4 Å². The summed E-state index contributed by atoms with van der Waals surface area (Å²) in [5.41, 5.74) is 1.52. The van der Waals surface area contributed by atoms with Crippen molar-refractivity contribution >= 4 is 46.4 Å². The van der Waals surface area contributed by atoms with Gasteiger partial charge in [0.05, 0.1) is 42.1 Å². The van der Waals surface area contributed by atoms with Gasteiger partial charge in [-0.25, -0.2) is 0 Å². The van der Waals surface area contributed by atoms with E-state index in [1.54, 1.807) is 35.2 Å². The number of carbonyl (C=O) groups is 2. The molecule has 0 unspecified atom stereocenters. The van der Waals surface area contributed by atoms with Gasteiger partial charge in [0.25, 0.3) is 5.91 Å². The lowest BCUT2D eigenvalue weighted by Crippen LogP contribution is -2.38. The van der Waals surface area contributed by atoms with Gasteiger partial charge in [0.1, 0.15) is 11.5 Å². The minimum absolute atomic E-state index is 0.0155. The minimum Gasteiger partial charge on any atom is -0.495 e. The topological polar surface area (TPSA) is 79.9 Å². The highest BCUT2D eigenvalue weighted by molar-refractivity contribution is 6.34. The third-order valence-corrected chi connectivity index (χ3v) is 6.45. The van der Waals surface area contributed by atoms with Crippen molar-refractivity contribution in [3.8, 4) is 11.5 Å². The van der Waals surface area contributed by atoms with Crippen LogP contribution in [-0.4, -0.2) is 50.6 Å². The molecule has 3 rings (SSSR count). The third-order valence-electron chi connectivity index (χ3n) is 5.84. The Morgan fingerprint density at radius 3 is 2.33 bits per heavy atom. The predicted octanol–water partition coefficient (Wildman–Crippen LogP) is 5.47. The summed E-state index contributed by atoms with van der Waals surface area (Å²) >= 11 is 12.6. The molecule has 0 radical (unpaired) electrons. The minimum atomic E-state index is -0.303. The van der Waals surface area contributed by atoms with Gasteiger partial charge in [-0.15, -0.1) is 0 Å². The summed E-state index contributed by atoms with van der Waals surface area (Å²) in [5, 5.41) is 6.48. The Hall–Kier alpha value is -2.64. The van der Waals surface area contributed by atoms with Crippen LogP contribution in [0.5, 0.6) is 11.5 Å². The lowest BCUT2D eigenvalue weighted by atomic mass is 9.94. The summed E-state index contributed by atoms with van der Waals surface area (Å²) in [7, 11) is 4.83. The van der Waals surface area contributed by atoms with Crippen LogP contribution in [-0.2, 0) is 4.79 Å². The average Bonchev–Trinajstić information content (AvgIpc) is 2.82. The molecular weight excluding hydrogens is 465 g/mol. The van der Waals surface area contributed by atoms with Crippen molar-refractivity contribution < 1.29 is 19.1 Å². The maximum Gasteiger partial charge on any atom is 0.255 e. The fourth-order valence-corrected chi connectivity index (χ4v) is 4.46. The molecule has 7 nitrogen and oxygen atoms in total. The molecule has 2 amide bonds. The van der Waals surface area contributed by atoms with E-state index in [2.05, 4.69) is 10.6 Å². The molecule has 1 aliphatic rings. The van der Waals surface area contributed by atoms with Crippen LogP contribution in [0.4, 0.5) is 11.4 Å². The summed E-state index contributed by atoms with van der Waals surface area (Å²) in [6.45, 7) is -0.0155. The number of benzene rings is 2. The van der Waals surface area contributed by atoms with E-state index >= 15 is 0 Å². The number of rotatable bonds is 8. The van der Waals surface area contributed by atoms with Crippen LogP contribution in [0.3, 0.4) is 0 Å². The molecular formula is C24H29Cl2N3O4. The SMILES string of the molecule is COc1cc(OC)c(NC(=O)CNc2ccc(C(=O)N(C)C3CCCCC3)c(Cl)c2)cc1Cl. The number of anilines is 2. The van der Waals surface area contributed by atoms with Crippen molar-refractivity contribution in [1.29, 1.82) is 0 Å². The van der Waals surface area contributed by atoms with Crippen molar-refractivity contribution in [3.63, 3.8) is 0 Å². The lowest BCUT2D eigenvalue weighted by Gasteiger charge is -2.31. The summed E-state index contributed by atoms with van der Waals surface area (Å²) in [6.07, 6.45) is 5.58. The molecule has 2 N–H and O–H groups in total. The first-order chi connectivity index (χ1) is 15.8. The van der Waals surface area contributed by atoms with Gasteiger partial charge in [0.2, 0.25) is 5.91 Å². The zero-order chi connectivity index (χ0) is 24.0. The van der Waals surface area contributed by atoms with Crippen molar-refractivity contribution in [3.05, 3.63) is 45.9 Å². The van der Waals surface area contributed by atoms with Gasteiger partial charge < -0.3 is 25.0 Å². The first kappa shape index (κ1) is 25.0. The Balaban J connectivity index is 1.61. The second-order valence-corrected chi connectivity index (χ2v) is 8.81. The molecule has 1 saturated carbocycles. The van der Waals surface area contributed by atoms with Gasteiger partial charge in [-0.3, -0.25) is 9.59 Å². The summed E-state index contributed by atoms with van der Waals surface area (Å²) in [6, 6.07) is 8.51. The number of carbonyl (C=O) groups excluding carboxylic acids is 2. The maximum absolute atomic E-state index is 12.9. The zero-order valence-electron chi connectivity index (χ0n) is 19.0. The Kier molecular flexibility index (Phi) is 8.69. The normalized spacial score (nSPS) is 13.8. The van der Waals surface area contributed by atoms with Crippen LogP contribution in [0, 0.1) is 0 Å². The number of amides is 2. The first-order valence-electron chi connectivity index (χ1n) is 10.9. The number of halogens is 2. The van der Waals surface area contributed by atoms with E-state index < -0.39 is 0 Å². The van der Waals surface area contributed by atoms with Gasteiger partial charge >= 0.3 is 0 Å². The number of hydrogen-bond donors (Lipinski definition) is 2. The van der Waals surface area contributed by atoms with Crippen molar-refractivity contribution in [2.75, 3.05) is 38.4 Å². The van der Waals surface area contributed by atoms with Gasteiger partial charge in [0, 0.05) is 24.8 Å². The Bertz CT molecular complexity index is 1010. The van der Waals surface area contributed by atoms with Crippen LogP contribution in [0.25, 0.3) is 0 Å². The summed E-state index contributed by atoms with van der Waals surface area (Å²) in [4.78, 5) is 27.2. The molecule has 0 aromatic heterocycles. The van der Waals surface area contributed by atoms with E-state index in [1.165, 1.54) is 20.6 Å². The average molecular weight is 494 g/mol. The van der Waals surface area contributed by atoms with Crippen LogP contribution in [0.1, 0.15) is 42.5 Å². The molecule has 1 fully saturated rings. The number of nitrogens with one attached hydrogen (secondary N) is 2. The molecule has 0 spiro atoms. The smallest absolute Gasteiger partial charge is 0.255 e. The molecule has 0 aliphatic heterocycles. The summed E-state index contributed by atoms with van der Waals surface area (Å²) in [5.74, 6) is 0.489. The van der Waals surface area contributed by atoms with Gasteiger partial charge in [-0.1, -0.05) is 42.5 Å². The maximum atomic E-state index is 12.9. The Morgan fingerprint density at radius 2 is 1.70 bits per heavy atom. The van der Waals surface area contributed by atoms with Crippen molar-refractivity contribution in [2.24, 2.45) is 0 Å². The monoisotopic (exact) mass is 493 g/mol. The van der Waals surface area contributed by atoms with Gasteiger partial charge in [0.15, 0.2) is 0 Å². The van der Waals surface area contributed by atoms with Crippen LogP contribution in [0.2, 0.25) is 10.0 Å². The van der Waals surface area contributed by atoms with Crippen LogP contribution in [0.15, 0.2) is 30.3 Å². The molecule has 9 heteroatoms. The van der Waals surface area contributed by atoms with Crippen LogP contribution < -0.4 is 20.1 Å². The molecule has 0 heterocycles.